The van der Waals surface area contributed by atoms with Crippen LogP contribution in [0.2, 0.25) is 0 Å². The first-order chi connectivity index (χ1) is 8.39. The van der Waals surface area contributed by atoms with Gasteiger partial charge < -0.3 is 5.73 Å². The molecular formula is C15H26N2S. The summed E-state index contributed by atoms with van der Waals surface area (Å²) in [5, 5.41) is 1.34. The summed E-state index contributed by atoms with van der Waals surface area (Å²) in [6.45, 7) is 8.78. The molecule has 0 bridgehead atoms. The molecule has 1 aliphatic carbocycles. The largest absolute Gasteiger partial charge is 0.323 e. The van der Waals surface area contributed by atoms with E-state index >= 15 is 0 Å². The highest BCUT2D eigenvalue weighted by atomic mass is 32.1. The molecule has 2 nitrogen and oxygen atoms in total. The molecule has 0 amide bonds. The van der Waals surface area contributed by atoms with Gasteiger partial charge in [-0.1, -0.05) is 40.0 Å². The Hall–Kier alpha value is -0.410. The average molecular weight is 266 g/mol. The van der Waals surface area contributed by atoms with Gasteiger partial charge in [-0.3, -0.25) is 0 Å². The van der Waals surface area contributed by atoms with Gasteiger partial charge in [-0.05, 0) is 19.8 Å². The predicted molar refractivity (Wildman–Crippen MR) is 79.2 cm³/mol. The van der Waals surface area contributed by atoms with E-state index in [0.717, 1.165) is 0 Å². The Morgan fingerprint density at radius 2 is 1.83 bits per heavy atom. The van der Waals surface area contributed by atoms with Gasteiger partial charge in [-0.25, -0.2) is 4.98 Å². The first-order valence-corrected chi connectivity index (χ1v) is 7.98. The van der Waals surface area contributed by atoms with Gasteiger partial charge in [0.15, 0.2) is 0 Å². The zero-order valence-corrected chi connectivity index (χ0v) is 12.9. The van der Waals surface area contributed by atoms with E-state index < -0.39 is 0 Å². The molecule has 3 heteroatoms. The van der Waals surface area contributed by atoms with Crippen LogP contribution in [0.5, 0.6) is 0 Å². The quantitative estimate of drug-likeness (QED) is 0.855. The molecule has 0 radical (unpaired) electrons. The molecule has 0 aliphatic heterocycles. The van der Waals surface area contributed by atoms with Gasteiger partial charge in [-0.15, -0.1) is 11.3 Å². The van der Waals surface area contributed by atoms with Crippen molar-refractivity contribution in [1.82, 2.24) is 4.98 Å². The summed E-state index contributed by atoms with van der Waals surface area (Å²) in [6, 6.07) is 0.106. The minimum atomic E-state index is 0.104. The predicted octanol–water partition coefficient (Wildman–Crippen LogP) is 4.51. The summed E-state index contributed by atoms with van der Waals surface area (Å²) in [4.78, 5) is 6.26. The highest BCUT2D eigenvalue weighted by Crippen LogP contribution is 2.40. The molecule has 1 atom stereocenters. The molecule has 1 fully saturated rings. The van der Waals surface area contributed by atoms with Gasteiger partial charge >= 0.3 is 0 Å². The molecule has 1 saturated carbocycles. The third-order valence-corrected chi connectivity index (χ3v) is 5.17. The number of hydrogen-bond acceptors (Lipinski definition) is 3. The van der Waals surface area contributed by atoms with Crippen molar-refractivity contribution in [3.63, 3.8) is 0 Å². The molecule has 1 aliphatic rings. The number of nitrogens with two attached hydrogens (primary N) is 1. The van der Waals surface area contributed by atoms with Crippen LogP contribution >= 0.6 is 11.3 Å². The normalized spacial score (nSPS) is 20.1. The molecule has 1 aromatic rings. The van der Waals surface area contributed by atoms with E-state index in [1.807, 2.05) is 11.3 Å². The molecular weight excluding hydrogens is 240 g/mol. The molecule has 0 saturated heterocycles. The average Bonchev–Trinajstić information content (AvgIpc) is 2.74. The summed E-state index contributed by atoms with van der Waals surface area (Å²) in [5.41, 5.74) is 7.45. The van der Waals surface area contributed by atoms with E-state index in [9.17, 15) is 0 Å². The lowest BCUT2D eigenvalue weighted by Crippen LogP contribution is -2.17. The van der Waals surface area contributed by atoms with Crippen LogP contribution < -0.4 is 5.73 Å². The van der Waals surface area contributed by atoms with E-state index in [2.05, 4.69) is 27.7 Å². The summed E-state index contributed by atoms with van der Waals surface area (Å²) >= 11 is 1.86. The SMILES string of the molecule is CC(N)c1sc(C2CCCCC2)nc1C(C)(C)C. The minimum Gasteiger partial charge on any atom is -0.323 e. The lowest BCUT2D eigenvalue weighted by molar-refractivity contribution is 0.440. The fraction of sp³-hybridized carbons (Fsp3) is 0.800. The molecule has 2 N–H and O–H groups in total. The van der Waals surface area contributed by atoms with Gasteiger partial charge in [0.05, 0.1) is 10.7 Å². The van der Waals surface area contributed by atoms with Gasteiger partial charge in [0.25, 0.3) is 0 Å². The van der Waals surface area contributed by atoms with Gasteiger partial charge in [-0.2, -0.15) is 0 Å². The number of rotatable bonds is 2. The van der Waals surface area contributed by atoms with Crippen molar-refractivity contribution < 1.29 is 0 Å². The van der Waals surface area contributed by atoms with Crippen molar-refractivity contribution in [2.45, 2.75) is 77.2 Å². The monoisotopic (exact) mass is 266 g/mol. The Balaban J connectivity index is 2.32. The third kappa shape index (κ3) is 2.94. The molecule has 0 aromatic carbocycles. The van der Waals surface area contributed by atoms with Crippen LogP contribution in [0.3, 0.4) is 0 Å². The standard InChI is InChI=1S/C15H26N2S/c1-10(16)12-13(15(2,3)4)17-14(18-12)11-8-6-5-7-9-11/h10-11H,5-9,16H2,1-4H3. The van der Waals surface area contributed by atoms with Crippen molar-refractivity contribution in [3.8, 4) is 0 Å². The number of hydrogen-bond donors (Lipinski definition) is 1. The lowest BCUT2D eigenvalue weighted by Gasteiger charge is -2.20. The minimum absolute atomic E-state index is 0.104. The fourth-order valence-electron chi connectivity index (χ4n) is 2.72. The summed E-state index contributed by atoms with van der Waals surface area (Å²) < 4.78 is 0. The zero-order chi connectivity index (χ0) is 13.3. The molecule has 1 heterocycles. The van der Waals surface area contributed by atoms with E-state index in [4.69, 9.17) is 10.7 Å². The first-order valence-electron chi connectivity index (χ1n) is 7.16. The van der Waals surface area contributed by atoms with Gasteiger partial charge in [0.2, 0.25) is 0 Å². The molecule has 102 valence electrons. The van der Waals surface area contributed by atoms with Crippen LogP contribution in [0, 0.1) is 0 Å². The molecule has 0 spiro atoms. The van der Waals surface area contributed by atoms with E-state index in [1.54, 1.807) is 0 Å². The van der Waals surface area contributed by atoms with Crippen molar-refractivity contribution in [3.05, 3.63) is 15.6 Å². The molecule has 18 heavy (non-hydrogen) atoms. The van der Waals surface area contributed by atoms with Crippen LogP contribution in [-0.4, -0.2) is 4.98 Å². The van der Waals surface area contributed by atoms with Crippen LogP contribution in [0.4, 0.5) is 0 Å². The molecule has 2 rings (SSSR count). The van der Waals surface area contributed by atoms with Crippen molar-refractivity contribution in [2.24, 2.45) is 5.73 Å². The third-order valence-electron chi connectivity index (χ3n) is 3.75. The number of thiazole rings is 1. The maximum atomic E-state index is 6.12. The van der Waals surface area contributed by atoms with Gasteiger partial charge in [0, 0.05) is 22.3 Å². The van der Waals surface area contributed by atoms with Crippen LogP contribution in [0.15, 0.2) is 0 Å². The van der Waals surface area contributed by atoms with Crippen LogP contribution in [0.1, 0.15) is 87.3 Å². The fourth-order valence-corrected chi connectivity index (χ4v) is 4.12. The first kappa shape index (κ1) is 14.0. The Morgan fingerprint density at radius 3 is 2.28 bits per heavy atom. The van der Waals surface area contributed by atoms with E-state index in [-0.39, 0.29) is 11.5 Å². The number of aromatic nitrogens is 1. The highest BCUT2D eigenvalue weighted by molar-refractivity contribution is 7.12. The lowest BCUT2D eigenvalue weighted by atomic mass is 9.88. The van der Waals surface area contributed by atoms with Crippen molar-refractivity contribution in [2.75, 3.05) is 0 Å². The maximum Gasteiger partial charge on any atom is 0.0962 e. The Kier molecular flexibility index (Phi) is 4.12. The summed E-state index contributed by atoms with van der Waals surface area (Å²) in [5.74, 6) is 0.692. The highest BCUT2D eigenvalue weighted by Gasteiger charge is 2.28. The summed E-state index contributed by atoms with van der Waals surface area (Å²) in [7, 11) is 0. The smallest absolute Gasteiger partial charge is 0.0962 e. The second kappa shape index (κ2) is 5.30. The summed E-state index contributed by atoms with van der Waals surface area (Å²) in [6.07, 6.45) is 6.75. The topological polar surface area (TPSA) is 38.9 Å². The van der Waals surface area contributed by atoms with Crippen molar-refractivity contribution >= 4 is 11.3 Å². The molecule has 1 unspecified atom stereocenters. The number of nitrogens with zero attached hydrogens (tertiary/aromatic N) is 1. The second-order valence-electron chi connectivity index (χ2n) is 6.64. The van der Waals surface area contributed by atoms with Crippen molar-refractivity contribution in [1.29, 1.82) is 0 Å². The maximum absolute atomic E-state index is 6.12. The Morgan fingerprint density at radius 1 is 1.22 bits per heavy atom. The second-order valence-corrected chi connectivity index (χ2v) is 7.70. The van der Waals surface area contributed by atoms with E-state index in [0.29, 0.717) is 5.92 Å². The molecule has 1 aromatic heterocycles. The van der Waals surface area contributed by atoms with Crippen LogP contribution in [-0.2, 0) is 5.41 Å². The van der Waals surface area contributed by atoms with Crippen LogP contribution in [0.25, 0.3) is 0 Å². The van der Waals surface area contributed by atoms with Gasteiger partial charge in [0.1, 0.15) is 0 Å². The Bertz CT molecular complexity index is 395. The Labute approximate surface area is 115 Å². The van der Waals surface area contributed by atoms with E-state index in [1.165, 1.54) is 47.7 Å². The zero-order valence-electron chi connectivity index (χ0n) is 12.1.